The van der Waals surface area contributed by atoms with Gasteiger partial charge in [-0.25, -0.2) is 45.9 Å². The Hall–Kier alpha value is -8.52. The van der Waals surface area contributed by atoms with E-state index in [0.717, 1.165) is 115 Å². The molecule has 0 spiro atoms. The first-order valence-corrected chi connectivity index (χ1v) is 32.3. The predicted octanol–water partition coefficient (Wildman–Crippen LogP) is 9.68. The monoisotopic (exact) mass is 1150 g/mol. The summed E-state index contributed by atoms with van der Waals surface area (Å²) in [5.74, 6) is 0. The number of hydrogen-bond acceptors (Lipinski definition) is 4. The molecule has 0 atom stereocenters. The second-order valence-electron chi connectivity index (χ2n) is 23.7. The molecule has 10 aromatic heterocycles. The zero-order chi connectivity index (χ0) is 58.2. The molecule has 20 bridgehead atoms. The largest absolute Gasteiger partial charge is 0.246 e. The molecule has 0 unspecified atom stereocenters. The summed E-state index contributed by atoms with van der Waals surface area (Å²) in [5.41, 5.74) is 12.1. The van der Waals surface area contributed by atoms with E-state index < -0.39 is 0 Å². The molecule has 0 N–H and O–H groups in total. The molecule has 14 heteroatoms. The zero-order valence-electron chi connectivity index (χ0n) is 50.7. The Morgan fingerprint density at radius 3 is 0.628 bits per heavy atom. The minimum Gasteiger partial charge on any atom is -0.246 e. The van der Waals surface area contributed by atoms with E-state index in [9.17, 15) is 0 Å². The molecule has 32 heterocycles. The molecule has 86 heavy (non-hydrogen) atoms. The van der Waals surface area contributed by atoms with Crippen LogP contribution in [0.25, 0.3) is 44.5 Å². The highest BCUT2D eigenvalue weighted by molar-refractivity contribution is 5.63. The first kappa shape index (κ1) is 59.2. The van der Waals surface area contributed by atoms with Crippen molar-refractivity contribution in [2.45, 2.75) is 181 Å². The summed E-state index contributed by atoms with van der Waals surface area (Å²) in [6.07, 6.45) is 61.0. The van der Waals surface area contributed by atoms with E-state index in [-0.39, 0.29) is 0 Å². The lowest BCUT2D eigenvalue weighted by molar-refractivity contribution is -0.698. The van der Waals surface area contributed by atoms with Crippen LogP contribution in [-0.2, 0) is 78.3 Å². The first-order chi connectivity index (χ1) is 42.6. The third-order valence-corrected chi connectivity index (χ3v) is 17.2. The summed E-state index contributed by atoms with van der Waals surface area (Å²) in [6.45, 7) is 9.50. The maximum absolute atomic E-state index is 4.50. The maximum Gasteiger partial charge on any atom is 0.169 e. The molecule has 0 saturated carbocycles. The molecule has 0 aliphatic carbocycles. The number of nitrogens with zero attached hydrogens (tertiary/aromatic N) is 14. The van der Waals surface area contributed by atoms with Gasteiger partial charge < -0.3 is 0 Å². The van der Waals surface area contributed by atoms with E-state index in [1.54, 1.807) is 0 Å². The molecule has 0 saturated heterocycles. The smallest absolute Gasteiger partial charge is 0.169 e. The normalized spacial score (nSPS) is 15.5. The lowest BCUT2D eigenvalue weighted by atomic mass is 10.1. The van der Waals surface area contributed by atoms with Gasteiger partial charge in [-0.1, -0.05) is 36.1 Å². The minimum absolute atomic E-state index is 0.789. The fourth-order valence-corrected chi connectivity index (χ4v) is 11.7. The van der Waals surface area contributed by atoms with E-state index in [0.29, 0.717) is 0 Å². The summed E-state index contributed by atoms with van der Waals surface area (Å²) in [7, 11) is 0. The standard InChI is InChI=1S/C72H90N14/c1-2-6-12-36-78-43-21-64(22-44-78)66-29-51-82(52-30-66)40-16-10-18-72-62-86(76-74-72)60-58-84-55-33-70(34-56-84)68-25-47-80(48-26-68)38-14-8-4-3-7-13-37-79-45-23-67(24-46-79)69-31-53-83(54-32-69)57-59-85-61-71(73-75-85)17-9-15-39-81-49-27-65(28-50-81)63-19-41-77(42-20-63)35-11-5-1/h19-34,41-56,61-62H,1-18,35-40,57-60H2/q+8. The molecule has 0 radical (unpaired) electrons. The molecular formula is C72H90N14+8. The van der Waals surface area contributed by atoms with Crippen LogP contribution in [0.1, 0.15) is 114 Å². The maximum atomic E-state index is 4.50. The molecule has 14 nitrogen and oxygen atoms in total. The predicted molar refractivity (Wildman–Crippen MR) is 330 cm³/mol. The lowest BCUT2D eigenvalue weighted by Crippen LogP contribution is -2.35. The van der Waals surface area contributed by atoms with E-state index in [4.69, 9.17) is 0 Å². The van der Waals surface area contributed by atoms with E-state index in [2.05, 4.69) is 266 Å². The Labute approximate surface area is 509 Å². The van der Waals surface area contributed by atoms with Crippen molar-refractivity contribution in [1.29, 1.82) is 0 Å². The van der Waals surface area contributed by atoms with Gasteiger partial charge in [0.2, 0.25) is 0 Å². The molecule has 440 valence electrons. The number of rotatable bonds is 0. The van der Waals surface area contributed by atoms with Crippen LogP contribution in [0, 0.1) is 0 Å². The fraction of sp³-hybridized carbons (Fsp3) is 0.389. The van der Waals surface area contributed by atoms with Crippen molar-refractivity contribution in [3.63, 3.8) is 0 Å². The van der Waals surface area contributed by atoms with Crippen LogP contribution in [0.3, 0.4) is 0 Å². The molecular weight excluding hydrogens is 1060 g/mol. The first-order valence-electron chi connectivity index (χ1n) is 32.3. The Balaban J connectivity index is 0.629. The summed E-state index contributed by atoms with van der Waals surface area (Å²) < 4.78 is 22.3. The van der Waals surface area contributed by atoms with Crippen LogP contribution < -0.4 is 36.5 Å². The van der Waals surface area contributed by atoms with Gasteiger partial charge in [-0.3, -0.25) is 0 Å². The van der Waals surface area contributed by atoms with E-state index in [1.165, 1.54) is 122 Å². The second kappa shape index (κ2) is 31.6. The van der Waals surface area contributed by atoms with E-state index >= 15 is 0 Å². The topological polar surface area (TPSA) is 92.5 Å². The highest BCUT2D eigenvalue weighted by Gasteiger charge is 2.14. The zero-order valence-corrected chi connectivity index (χ0v) is 50.7. The van der Waals surface area contributed by atoms with Gasteiger partial charge in [0.1, 0.15) is 52.4 Å². The van der Waals surface area contributed by atoms with Crippen LogP contribution in [0.4, 0.5) is 0 Å². The van der Waals surface area contributed by atoms with Crippen LogP contribution in [0.15, 0.2) is 209 Å². The van der Waals surface area contributed by atoms with Gasteiger partial charge in [-0.2, -0.15) is 0 Å². The van der Waals surface area contributed by atoms with Gasteiger partial charge in [0.15, 0.2) is 112 Å². The van der Waals surface area contributed by atoms with Crippen LogP contribution in [0.2, 0.25) is 0 Å². The highest BCUT2D eigenvalue weighted by atomic mass is 15.4. The van der Waals surface area contributed by atoms with Crippen LogP contribution >= 0.6 is 0 Å². The fourth-order valence-electron chi connectivity index (χ4n) is 11.7. The van der Waals surface area contributed by atoms with Crippen molar-refractivity contribution in [2.24, 2.45) is 0 Å². The molecule has 32 rings (SSSR count). The molecule has 0 amide bonds. The number of aromatic nitrogens is 14. The number of pyridine rings is 8. The van der Waals surface area contributed by atoms with E-state index in [1.807, 2.05) is 9.36 Å². The SMILES string of the molecule is c1c[n+]2ccc1-c1cc[n+](cc1)CCCCc1cn(nn1)CC[n+]1ccc(cc1)-c1cc[n+](cc1)CCCCCCCC[n+]1ccc(cc1)-c1cc[n+](cc1)CCn1cc(nn1)CCCC[n+]1ccc(cc1)-c1cc[n+](cc1)CCCCCCCC2. The molecule has 10 aromatic rings. The molecule has 22 aliphatic heterocycles. The summed E-state index contributed by atoms with van der Waals surface area (Å²) in [6, 6.07) is 35.8. The van der Waals surface area contributed by atoms with Gasteiger partial charge in [0.25, 0.3) is 0 Å². The lowest BCUT2D eigenvalue weighted by Gasteiger charge is -2.03. The van der Waals surface area contributed by atoms with Crippen molar-refractivity contribution in [3.05, 3.63) is 220 Å². The van der Waals surface area contributed by atoms with Gasteiger partial charge in [0.05, 0.1) is 11.4 Å². The van der Waals surface area contributed by atoms with Gasteiger partial charge in [-0.05, 0) is 95.9 Å². The van der Waals surface area contributed by atoms with Gasteiger partial charge in [0, 0.05) is 148 Å². The van der Waals surface area contributed by atoms with Crippen molar-refractivity contribution in [2.75, 3.05) is 0 Å². The Kier molecular flexibility index (Phi) is 21.7. The summed E-state index contributed by atoms with van der Waals surface area (Å²) in [4.78, 5) is 0. The average Bonchev–Trinajstić information content (AvgIpc) is 4.36. The molecule has 0 fully saturated rings. The van der Waals surface area contributed by atoms with Crippen molar-refractivity contribution < 1.29 is 36.5 Å². The molecule has 0 aromatic carbocycles. The third kappa shape index (κ3) is 18.2. The third-order valence-electron chi connectivity index (χ3n) is 17.2. The van der Waals surface area contributed by atoms with Gasteiger partial charge in [-0.15, -0.1) is 10.2 Å². The quantitative estimate of drug-likeness (QED) is 0.142. The second-order valence-corrected chi connectivity index (χ2v) is 23.7. The van der Waals surface area contributed by atoms with Crippen LogP contribution in [0.5, 0.6) is 0 Å². The van der Waals surface area contributed by atoms with Gasteiger partial charge >= 0.3 is 0 Å². The Bertz CT molecular complexity index is 3320. The molecule has 22 aliphatic rings. The Morgan fingerprint density at radius 2 is 0.407 bits per heavy atom. The summed E-state index contributed by atoms with van der Waals surface area (Å²) in [5, 5.41) is 17.9. The number of aryl methyl sites for hydroxylation is 12. The Morgan fingerprint density at radius 1 is 0.221 bits per heavy atom. The summed E-state index contributed by atoms with van der Waals surface area (Å²) >= 11 is 0. The van der Waals surface area contributed by atoms with Crippen molar-refractivity contribution in [3.8, 4) is 44.5 Å². The van der Waals surface area contributed by atoms with Crippen molar-refractivity contribution in [1.82, 2.24) is 30.0 Å². The van der Waals surface area contributed by atoms with Crippen molar-refractivity contribution >= 4 is 0 Å². The number of hydrogen-bond donors (Lipinski definition) is 0. The minimum atomic E-state index is 0.789. The average molecular weight is 1150 g/mol. The highest BCUT2D eigenvalue weighted by Crippen LogP contribution is 2.20. The van der Waals surface area contributed by atoms with Crippen LogP contribution in [-0.4, -0.2) is 30.0 Å².